The van der Waals surface area contributed by atoms with Crippen LogP contribution in [0.15, 0.2) is 46.9 Å². The molecule has 0 spiro atoms. The lowest BCUT2D eigenvalue weighted by molar-refractivity contribution is 0.102. The summed E-state index contributed by atoms with van der Waals surface area (Å²) in [6, 6.07) is 11.6. The topological polar surface area (TPSA) is 29.1 Å². The maximum absolute atomic E-state index is 13.3. The van der Waals surface area contributed by atoms with Crippen LogP contribution in [-0.2, 0) is 0 Å². The van der Waals surface area contributed by atoms with Crippen molar-refractivity contribution in [3.8, 4) is 0 Å². The number of hydrogen-bond acceptors (Lipinski definition) is 1. The summed E-state index contributed by atoms with van der Waals surface area (Å²) in [5.41, 5.74) is 1.44. The van der Waals surface area contributed by atoms with E-state index in [4.69, 9.17) is 0 Å². The molecular formula is C14H11BrFNO. The zero-order valence-electron chi connectivity index (χ0n) is 9.71. The molecule has 0 aliphatic heterocycles. The smallest absolute Gasteiger partial charge is 0.255 e. The van der Waals surface area contributed by atoms with E-state index in [9.17, 15) is 9.18 Å². The number of amides is 1. The number of hydrogen-bond donors (Lipinski definition) is 1. The molecule has 2 rings (SSSR count). The molecule has 0 aliphatic carbocycles. The normalized spacial score (nSPS) is 10.2. The fourth-order valence-electron chi connectivity index (χ4n) is 1.57. The van der Waals surface area contributed by atoms with Gasteiger partial charge in [-0.3, -0.25) is 4.79 Å². The van der Waals surface area contributed by atoms with Gasteiger partial charge in [-0.2, -0.15) is 0 Å². The molecule has 92 valence electrons. The minimum atomic E-state index is -0.331. The third-order valence-corrected chi connectivity index (χ3v) is 3.10. The maximum Gasteiger partial charge on any atom is 0.255 e. The number of carbonyl (C=O) groups excluding carboxylic acids is 1. The van der Waals surface area contributed by atoms with Crippen LogP contribution in [-0.4, -0.2) is 5.91 Å². The van der Waals surface area contributed by atoms with Crippen molar-refractivity contribution in [2.24, 2.45) is 0 Å². The molecule has 18 heavy (non-hydrogen) atoms. The van der Waals surface area contributed by atoms with Crippen molar-refractivity contribution in [2.75, 3.05) is 5.32 Å². The highest BCUT2D eigenvalue weighted by molar-refractivity contribution is 9.10. The van der Waals surface area contributed by atoms with Crippen LogP contribution in [0.2, 0.25) is 0 Å². The van der Waals surface area contributed by atoms with E-state index >= 15 is 0 Å². The molecule has 0 fully saturated rings. The summed E-state index contributed by atoms with van der Waals surface area (Å²) < 4.78 is 14.2. The second kappa shape index (κ2) is 5.31. The van der Waals surface area contributed by atoms with E-state index < -0.39 is 0 Å². The van der Waals surface area contributed by atoms with Crippen molar-refractivity contribution in [1.82, 2.24) is 0 Å². The van der Waals surface area contributed by atoms with Crippen LogP contribution >= 0.6 is 15.9 Å². The standard InChI is InChI=1S/C14H11BrFNO/c1-9-12(16)6-3-7-13(9)17-14(18)10-4-2-5-11(15)8-10/h2-8H,1H3,(H,17,18). The lowest BCUT2D eigenvalue weighted by Crippen LogP contribution is -2.13. The summed E-state index contributed by atoms with van der Waals surface area (Å²) in [7, 11) is 0. The highest BCUT2D eigenvalue weighted by atomic mass is 79.9. The van der Waals surface area contributed by atoms with Crippen LogP contribution < -0.4 is 5.32 Å². The van der Waals surface area contributed by atoms with E-state index in [0.29, 0.717) is 16.8 Å². The SMILES string of the molecule is Cc1c(F)cccc1NC(=O)c1cccc(Br)c1. The lowest BCUT2D eigenvalue weighted by atomic mass is 10.1. The van der Waals surface area contributed by atoms with Gasteiger partial charge in [0.15, 0.2) is 0 Å². The average molecular weight is 308 g/mol. The highest BCUT2D eigenvalue weighted by Crippen LogP contribution is 2.19. The quantitative estimate of drug-likeness (QED) is 0.887. The molecule has 0 atom stereocenters. The Morgan fingerprint density at radius 1 is 1.22 bits per heavy atom. The van der Waals surface area contributed by atoms with Crippen LogP contribution in [0.1, 0.15) is 15.9 Å². The Hall–Kier alpha value is -1.68. The van der Waals surface area contributed by atoms with E-state index in [1.807, 2.05) is 6.07 Å². The van der Waals surface area contributed by atoms with E-state index in [2.05, 4.69) is 21.2 Å². The van der Waals surface area contributed by atoms with Crippen LogP contribution in [0.25, 0.3) is 0 Å². The first kappa shape index (κ1) is 12.8. The van der Waals surface area contributed by atoms with Gasteiger partial charge in [0.2, 0.25) is 0 Å². The largest absolute Gasteiger partial charge is 0.322 e. The van der Waals surface area contributed by atoms with Gasteiger partial charge in [-0.15, -0.1) is 0 Å². The molecule has 0 bridgehead atoms. The summed E-state index contributed by atoms with van der Waals surface area (Å²) >= 11 is 3.30. The van der Waals surface area contributed by atoms with Gasteiger partial charge in [0.1, 0.15) is 5.82 Å². The van der Waals surface area contributed by atoms with Crippen LogP contribution in [0.5, 0.6) is 0 Å². The molecule has 0 aromatic heterocycles. The fourth-order valence-corrected chi connectivity index (χ4v) is 1.97. The van der Waals surface area contributed by atoms with E-state index in [1.165, 1.54) is 6.07 Å². The second-order valence-corrected chi connectivity index (χ2v) is 4.79. The van der Waals surface area contributed by atoms with E-state index in [1.54, 1.807) is 37.3 Å². The summed E-state index contributed by atoms with van der Waals surface area (Å²) in [5.74, 6) is -0.591. The summed E-state index contributed by atoms with van der Waals surface area (Å²) in [5, 5.41) is 2.69. The first-order valence-electron chi connectivity index (χ1n) is 5.40. The van der Waals surface area contributed by atoms with E-state index in [-0.39, 0.29) is 11.7 Å². The molecule has 0 radical (unpaired) electrons. The van der Waals surface area contributed by atoms with Gasteiger partial charge in [0, 0.05) is 21.3 Å². The Bertz CT molecular complexity index is 598. The zero-order valence-corrected chi connectivity index (χ0v) is 11.3. The zero-order chi connectivity index (χ0) is 13.1. The van der Waals surface area contributed by atoms with Gasteiger partial charge in [0.05, 0.1) is 0 Å². The van der Waals surface area contributed by atoms with Gasteiger partial charge in [-0.1, -0.05) is 28.1 Å². The minimum absolute atomic E-state index is 0.259. The predicted molar refractivity (Wildman–Crippen MR) is 73.2 cm³/mol. The van der Waals surface area contributed by atoms with Crippen LogP contribution in [0, 0.1) is 12.7 Å². The summed E-state index contributed by atoms with van der Waals surface area (Å²) in [6.07, 6.45) is 0. The Kier molecular flexibility index (Phi) is 3.77. The van der Waals surface area contributed by atoms with Crippen LogP contribution in [0.3, 0.4) is 0 Å². The molecule has 4 heteroatoms. The van der Waals surface area contributed by atoms with Gasteiger partial charge in [-0.05, 0) is 37.3 Å². The van der Waals surface area contributed by atoms with Gasteiger partial charge in [-0.25, -0.2) is 4.39 Å². The van der Waals surface area contributed by atoms with Crippen molar-refractivity contribution in [3.05, 3.63) is 63.9 Å². The third kappa shape index (κ3) is 2.76. The molecular weight excluding hydrogens is 297 g/mol. The predicted octanol–water partition coefficient (Wildman–Crippen LogP) is 4.15. The number of rotatable bonds is 2. The Labute approximate surface area is 113 Å². The van der Waals surface area contributed by atoms with Crippen molar-refractivity contribution in [2.45, 2.75) is 6.92 Å². The molecule has 2 nitrogen and oxygen atoms in total. The van der Waals surface area contributed by atoms with Crippen molar-refractivity contribution < 1.29 is 9.18 Å². The van der Waals surface area contributed by atoms with Gasteiger partial charge in [0.25, 0.3) is 5.91 Å². The molecule has 0 saturated carbocycles. The lowest BCUT2D eigenvalue weighted by Gasteiger charge is -2.09. The molecule has 2 aromatic carbocycles. The third-order valence-electron chi connectivity index (χ3n) is 2.60. The summed E-state index contributed by atoms with van der Waals surface area (Å²) in [4.78, 5) is 12.0. The van der Waals surface area contributed by atoms with E-state index in [0.717, 1.165) is 4.47 Å². The Balaban J connectivity index is 2.24. The number of carbonyl (C=O) groups is 1. The van der Waals surface area contributed by atoms with Gasteiger partial charge >= 0.3 is 0 Å². The first-order chi connectivity index (χ1) is 8.58. The monoisotopic (exact) mass is 307 g/mol. The number of halogens is 2. The van der Waals surface area contributed by atoms with Crippen molar-refractivity contribution in [3.63, 3.8) is 0 Å². The minimum Gasteiger partial charge on any atom is -0.322 e. The molecule has 2 aromatic rings. The molecule has 1 N–H and O–H groups in total. The highest BCUT2D eigenvalue weighted by Gasteiger charge is 2.09. The molecule has 1 amide bonds. The number of anilines is 1. The molecule has 0 heterocycles. The Morgan fingerprint density at radius 3 is 2.67 bits per heavy atom. The Morgan fingerprint density at radius 2 is 1.94 bits per heavy atom. The van der Waals surface area contributed by atoms with Gasteiger partial charge < -0.3 is 5.32 Å². The average Bonchev–Trinajstić information content (AvgIpc) is 2.35. The van der Waals surface area contributed by atoms with Crippen molar-refractivity contribution >= 4 is 27.5 Å². The molecule has 0 saturated heterocycles. The molecule has 0 aliphatic rings. The first-order valence-corrected chi connectivity index (χ1v) is 6.19. The molecule has 0 unspecified atom stereocenters. The van der Waals surface area contributed by atoms with Crippen LogP contribution in [0.4, 0.5) is 10.1 Å². The fraction of sp³-hybridized carbons (Fsp3) is 0.0714. The number of benzene rings is 2. The second-order valence-electron chi connectivity index (χ2n) is 3.88. The maximum atomic E-state index is 13.3. The van der Waals surface area contributed by atoms with Crippen molar-refractivity contribution in [1.29, 1.82) is 0 Å². The summed E-state index contributed by atoms with van der Waals surface area (Å²) in [6.45, 7) is 1.63. The number of nitrogens with one attached hydrogen (secondary N) is 1.